The number of hydrogen-bond donors (Lipinski definition) is 0. The van der Waals surface area contributed by atoms with Crippen LogP contribution >= 0.6 is 0 Å². The predicted octanol–water partition coefficient (Wildman–Crippen LogP) is 3.55. The summed E-state index contributed by atoms with van der Waals surface area (Å²) in [5, 5.41) is 0. The molecule has 3 rings (SSSR count). The molecule has 2 amide bonds. The second-order valence-corrected chi connectivity index (χ2v) is 8.66. The second kappa shape index (κ2) is 11.2. The van der Waals surface area contributed by atoms with E-state index in [1.54, 1.807) is 24.3 Å². The molecule has 0 radical (unpaired) electrons. The van der Waals surface area contributed by atoms with Crippen molar-refractivity contribution in [2.75, 3.05) is 45.8 Å². The molecule has 1 heterocycles. The van der Waals surface area contributed by atoms with Crippen LogP contribution in [0.2, 0.25) is 0 Å². The van der Waals surface area contributed by atoms with E-state index < -0.39 is 0 Å². The van der Waals surface area contributed by atoms with E-state index in [0.717, 1.165) is 24.1 Å². The molecule has 0 unspecified atom stereocenters. The van der Waals surface area contributed by atoms with Crippen LogP contribution in [0.3, 0.4) is 0 Å². The van der Waals surface area contributed by atoms with E-state index in [1.807, 2.05) is 55.7 Å². The lowest BCUT2D eigenvalue weighted by atomic mass is 9.95. The van der Waals surface area contributed by atoms with Crippen molar-refractivity contribution in [2.45, 2.75) is 34.1 Å². The fourth-order valence-electron chi connectivity index (χ4n) is 4.28. The van der Waals surface area contributed by atoms with Crippen molar-refractivity contribution in [2.24, 2.45) is 0 Å². The number of hydrogen-bond acceptors (Lipinski definition) is 4. The fourth-order valence-corrected chi connectivity index (χ4v) is 4.28. The number of carbonyl (C=O) groups excluding carboxylic acids is 3. The highest BCUT2D eigenvalue weighted by Gasteiger charge is 2.25. The molecule has 2 aromatic rings. The van der Waals surface area contributed by atoms with Crippen LogP contribution in [-0.4, -0.2) is 78.1 Å². The van der Waals surface area contributed by atoms with E-state index in [2.05, 4.69) is 4.90 Å². The first-order valence-electron chi connectivity index (χ1n) is 11.9. The molecule has 0 saturated carbocycles. The average molecular weight is 450 g/mol. The van der Waals surface area contributed by atoms with E-state index in [-0.39, 0.29) is 17.6 Å². The summed E-state index contributed by atoms with van der Waals surface area (Å²) in [6.07, 6.45) is 0.796. The molecule has 176 valence electrons. The quantitative estimate of drug-likeness (QED) is 0.607. The van der Waals surface area contributed by atoms with E-state index in [0.29, 0.717) is 56.0 Å². The Morgan fingerprint density at radius 2 is 1.55 bits per heavy atom. The summed E-state index contributed by atoms with van der Waals surface area (Å²) in [5.41, 5.74) is 3.65. The second-order valence-electron chi connectivity index (χ2n) is 8.66. The van der Waals surface area contributed by atoms with Gasteiger partial charge in [-0.1, -0.05) is 30.3 Å². The molecule has 6 heteroatoms. The van der Waals surface area contributed by atoms with Gasteiger partial charge in [-0.25, -0.2) is 0 Å². The van der Waals surface area contributed by atoms with Gasteiger partial charge in [-0.05, 0) is 57.4 Å². The van der Waals surface area contributed by atoms with E-state index in [9.17, 15) is 14.4 Å². The maximum absolute atomic E-state index is 13.4. The molecule has 0 bridgehead atoms. The molecule has 6 nitrogen and oxygen atoms in total. The summed E-state index contributed by atoms with van der Waals surface area (Å²) in [6, 6.07) is 12.7. The van der Waals surface area contributed by atoms with Crippen LogP contribution in [0.15, 0.2) is 42.5 Å². The monoisotopic (exact) mass is 449 g/mol. The first-order chi connectivity index (χ1) is 15.8. The minimum atomic E-state index is -0.136. The Hall–Kier alpha value is -2.99. The molecule has 0 N–H and O–H groups in total. The van der Waals surface area contributed by atoms with Crippen molar-refractivity contribution in [1.82, 2.24) is 14.7 Å². The molecule has 1 saturated heterocycles. The molecule has 1 aliphatic rings. The zero-order valence-corrected chi connectivity index (χ0v) is 20.3. The van der Waals surface area contributed by atoms with Crippen LogP contribution in [-0.2, 0) is 4.79 Å². The van der Waals surface area contributed by atoms with Gasteiger partial charge >= 0.3 is 0 Å². The van der Waals surface area contributed by atoms with Gasteiger partial charge in [-0.3, -0.25) is 19.3 Å². The molecule has 0 aromatic heterocycles. The van der Waals surface area contributed by atoms with Gasteiger partial charge < -0.3 is 9.80 Å². The van der Waals surface area contributed by atoms with Crippen molar-refractivity contribution in [1.29, 1.82) is 0 Å². The predicted molar refractivity (Wildman–Crippen MR) is 131 cm³/mol. The van der Waals surface area contributed by atoms with Gasteiger partial charge in [0.2, 0.25) is 5.91 Å². The van der Waals surface area contributed by atoms with Gasteiger partial charge in [0.25, 0.3) is 5.91 Å². The third-order valence-electron chi connectivity index (χ3n) is 6.52. The summed E-state index contributed by atoms with van der Waals surface area (Å²) in [4.78, 5) is 45.0. The van der Waals surface area contributed by atoms with Gasteiger partial charge in [0.05, 0.1) is 12.1 Å². The van der Waals surface area contributed by atoms with Gasteiger partial charge in [0, 0.05) is 50.4 Å². The third kappa shape index (κ3) is 5.88. The van der Waals surface area contributed by atoms with E-state index in [4.69, 9.17) is 0 Å². The van der Waals surface area contributed by atoms with Crippen LogP contribution in [0.1, 0.15) is 57.7 Å². The lowest BCUT2D eigenvalue weighted by Gasteiger charge is -2.25. The van der Waals surface area contributed by atoms with Gasteiger partial charge in [0.1, 0.15) is 0 Å². The molecular formula is C27H35N3O3. The summed E-state index contributed by atoms with van der Waals surface area (Å²) < 4.78 is 0. The molecule has 0 atom stereocenters. The summed E-state index contributed by atoms with van der Waals surface area (Å²) in [7, 11) is 0. The zero-order valence-electron chi connectivity index (χ0n) is 20.3. The van der Waals surface area contributed by atoms with Gasteiger partial charge in [-0.2, -0.15) is 0 Å². The smallest absolute Gasteiger partial charge is 0.254 e. The number of benzene rings is 2. The molecule has 2 aromatic carbocycles. The minimum absolute atomic E-state index is 0.125. The average Bonchev–Trinajstić information content (AvgIpc) is 3.06. The van der Waals surface area contributed by atoms with Crippen LogP contribution in [0.5, 0.6) is 0 Å². The molecule has 1 aliphatic heterocycles. The highest BCUT2D eigenvalue weighted by atomic mass is 16.2. The van der Waals surface area contributed by atoms with Gasteiger partial charge in [-0.15, -0.1) is 0 Å². The van der Waals surface area contributed by atoms with E-state index >= 15 is 0 Å². The molecule has 33 heavy (non-hydrogen) atoms. The number of rotatable bonds is 7. The van der Waals surface area contributed by atoms with Gasteiger partial charge in [0.15, 0.2) is 5.78 Å². The summed E-state index contributed by atoms with van der Waals surface area (Å²) >= 11 is 0. The van der Waals surface area contributed by atoms with Crippen LogP contribution in [0.4, 0.5) is 0 Å². The Morgan fingerprint density at radius 1 is 0.848 bits per heavy atom. The third-order valence-corrected chi connectivity index (χ3v) is 6.52. The SMILES string of the molecule is CCN(CC)C(=O)CN1CCCN(C(=O)c2ccccc2C(=O)c2ccc(C)c(C)c2)CC1. The largest absolute Gasteiger partial charge is 0.342 e. The minimum Gasteiger partial charge on any atom is -0.342 e. The van der Waals surface area contributed by atoms with Crippen molar-refractivity contribution in [3.8, 4) is 0 Å². The number of likely N-dealkylation sites (N-methyl/N-ethyl adjacent to an activating group) is 1. The number of nitrogens with zero attached hydrogens (tertiary/aromatic N) is 3. The maximum atomic E-state index is 13.4. The highest BCUT2D eigenvalue weighted by Crippen LogP contribution is 2.20. The Bertz CT molecular complexity index is 1010. The Morgan fingerprint density at radius 3 is 2.21 bits per heavy atom. The first-order valence-corrected chi connectivity index (χ1v) is 11.9. The molecule has 0 aliphatic carbocycles. The van der Waals surface area contributed by atoms with Crippen molar-refractivity contribution < 1.29 is 14.4 Å². The topological polar surface area (TPSA) is 60.9 Å². The zero-order chi connectivity index (χ0) is 24.0. The summed E-state index contributed by atoms with van der Waals surface area (Å²) in [6.45, 7) is 12.3. The summed E-state index contributed by atoms with van der Waals surface area (Å²) in [5.74, 6) is -0.132. The number of amides is 2. The molecule has 1 fully saturated rings. The lowest BCUT2D eigenvalue weighted by Crippen LogP contribution is -2.42. The van der Waals surface area contributed by atoms with Crippen molar-refractivity contribution >= 4 is 17.6 Å². The molecule has 0 spiro atoms. The lowest BCUT2D eigenvalue weighted by molar-refractivity contribution is -0.132. The Balaban J connectivity index is 1.73. The molecular weight excluding hydrogens is 414 g/mol. The number of carbonyl (C=O) groups is 3. The van der Waals surface area contributed by atoms with Crippen LogP contribution < -0.4 is 0 Å². The van der Waals surface area contributed by atoms with Crippen LogP contribution in [0, 0.1) is 13.8 Å². The number of aryl methyl sites for hydroxylation is 2. The van der Waals surface area contributed by atoms with Crippen LogP contribution in [0.25, 0.3) is 0 Å². The maximum Gasteiger partial charge on any atom is 0.254 e. The Labute approximate surface area is 197 Å². The normalized spacial score (nSPS) is 14.6. The standard InChI is InChI=1S/C27H35N3O3/c1-5-29(6-2)25(31)19-28-14-9-15-30(17-16-28)27(33)24-11-8-7-10-23(24)26(32)22-13-12-20(3)21(4)18-22/h7-8,10-13,18H,5-6,9,14-17,19H2,1-4H3. The number of ketones is 1. The first kappa shape index (κ1) is 24.6. The fraction of sp³-hybridized carbons (Fsp3) is 0.444. The van der Waals surface area contributed by atoms with Crippen molar-refractivity contribution in [3.05, 3.63) is 70.3 Å². The van der Waals surface area contributed by atoms with E-state index in [1.165, 1.54) is 0 Å². The Kier molecular flexibility index (Phi) is 8.39. The van der Waals surface area contributed by atoms with Crippen molar-refractivity contribution in [3.63, 3.8) is 0 Å². The highest BCUT2D eigenvalue weighted by molar-refractivity contribution is 6.15.